The van der Waals surface area contributed by atoms with Crippen LogP contribution in [0.15, 0.2) is 0 Å². The van der Waals surface area contributed by atoms with E-state index in [-0.39, 0.29) is 5.91 Å². The quantitative estimate of drug-likeness (QED) is 0.657. The molecule has 0 saturated heterocycles. The van der Waals surface area contributed by atoms with Crippen LogP contribution in [0.4, 0.5) is 0 Å². The first-order valence-electron chi connectivity index (χ1n) is 4.48. The zero-order chi connectivity index (χ0) is 8.27. The van der Waals surface area contributed by atoms with Gasteiger partial charge in [-0.25, -0.2) is 0 Å². The Bertz CT molecular complexity index is 138. The highest BCUT2D eigenvalue weighted by Crippen LogP contribution is 2.18. The fourth-order valence-corrected chi connectivity index (χ4v) is 0.947. The molecule has 0 aliphatic heterocycles. The van der Waals surface area contributed by atoms with Crippen LogP contribution in [-0.4, -0.2) is 11.9 Å². The van der Waals surface area contributed by atoms with Crippen molar-refractivity contribution in [1.29, 1.82) is 0 Å². The summed E-state index contributed by atoms with van der Waals surface area (Å²) >= 11 is 0. The number of hydrogen-bond acceptors (Lipinski definition) is 1. The number of nitrogens with one attached hydrogen (secondary N) is 1. The molecule has 0 radical (unpaired) electrons. The average Bonchev–Trinajstić information content (AvgIpc) is 2.67. The molecule has 1 aliphatic carbocycles. The number of rotatable bonds is 4. The van der Waals surface area contributed by atoms with E-state index in [0.29, 0.717) is 18.4 Å². The lowest BCUT2D eigenvalue weighted by Gasteiger charge is -2.04. The molecule has 11 heavy (non-hydrogen) atoms. The minimum atomic E-state index is 0.237. The van der Waals surface area contributed by atoms with Gasteiger partial charge in [0.05, 0.1) is 0 Å². The third-order valence-electron chi connectivity index (χ3n) is 1.89. The topological polar surface area (TPSA) is 29.1 Å². The van der Waals surface area contributed by atoms with Gasteiger partial charge < -0.3 is 5.32 Å². The van der Waals surface area contributed by atoms with Crippen LogP contribution in [0.2, 0.25) is 0 Å². The van der Waals surface area contributed by atoms with Gasteiger partial charge in [0.25, 0.3) is 0 Å². The lowest BCUT2D eigenvalue weighted by Crippen LogP contribution is -2.25. The molecule has 1 N–H and O–H groups in total. The molecule has 1 aliphatic rings. The summed E-state index contributed by atoms with van der Waals surface area (Å²) in [5, 5.41) is 2.97. The summed E-state index contributed by atoms with van der Waals surface area (Å²) in [6.07, 6.45) is 4.09. The van der Waals surface area contributed by atoms with Gasteiger partial charge in [-0.05, 0) is 25.2 Å². The fraction of sp³-hybridized carbons (Fsp3) is 0.889. The summed E-state index contributed by atoms with van der Waals surface area (Å²) in [6, 6.07) is 0.523. The Kier molecular flexibility index (Phi) is 2.92. The highest BCUT2D eigenvalue weighted by molar-refractivity contribution is 5.76. The van der Waals surface area contributed by atoms with Crippen molar-refractivity contribution in [1.82, 2.24) is 5.32 Å². The SMILES string of the molecule is CC(C)CCC(=O)NC1CC1. The number of carbonyl (C=O) groups is 1. The molecule has 0 aromatic carbocycles. The van der Waals surface area contributed by atoms with Crippen LogP contribution in [0.1, 0.15) is 39.5 Å². The van der Waals surface area contributed by atoms with Gasteiger partial charge in [-0.1, -0.05) is 13.8 Å². The maximum absolute atomic E-state index is 11.1. The lowest BCUT2D eigenvalue weighted by atomic mass is 10.1. The first kappa shape index (κ1) is 8.57. The van der Waals surface area contributed by atoms with E-state index < -0.39 is 0 Å². The van der Waals surface area contributed by atoms with E-state index >= 15 is 0 Å². The summed E-state index contributed by atoms with van der Waals surface area (Å²) in [7, 11) is 0. The van der Waals surface area contributed by atoms with E-state index in [1.54, 1.807) is 0 Å². The zero-order valence-electron chi connectivity index (χ0n) is 7.39. The minimum Gasteiger partial charge on any atom is -0.353 e. The molecule has 0 unspecified atom stereocenters. The number of hydrogen-bond donors (Lipinski definition) is 1. The highest BCUT2D eigenvalue weighted by atomic mass is 16.1. The van der Waals surface area contributed by atoms with Crippen LogP contribution in [0, 0.1) is 5.92 Å². The molecule has 0 heterocycles. The summed E-state index contributed by atoms with van der Waals surface area (Å²) in [6.45, 7) is 4.29. The third-order valence-corrected chi connectivity index (χ3v) is 1.89. The van der Waals surface area contributed by atoms with Gasteiger partial charge in [0, 0.05) is 12.5 Å². The summed E-state index contributed by atoms with van der Waals surface area (Å²) < 4.78 is 0. The summed E-state index contributed by atoms with van der Waals surface area (Å²) in [5.41, 5.74) is 0. The maximum atomic E-state index is 11.1. The van der Waals surface area contributed by atoms with E-state index in [0.717, 1.165) is 6.42 Å². The first-order chi connectivity index (χ1) is 5.18. The number of carbonyl (C=O) groups excluding carboxylic acids is 1. The first-order valence-corrected chi connectivity index (χ1v) is 4.48. The molecule has 0 aromatic heterocycles. The van der Waals surface area contributed by atoms with Crippen molar-refractivity contribution in [3.8, 4) is 0 Å². The molecule has 0 spiro atoms. The van der Waals surface area contributed by atoms with E-state index in [9.17, 15) is 4.79 Å². The van der Waals surface area contributed by atoms with Crippen molar-refractivity contribution in [2.45, 2.75) is 45.6 Å². The van der Waals surface area contributed by atoms with E-state index in [2.05, 4.69) is 19.2 Å². The standard InChI is InChI=1S/C9H17NO/c1-7(2)3-6-9(11)10-8-4-5-8/h7-8H,3-6H2,1-2H3,(H,10,11). The summed E-state index contributed by atoms with van der Waals surface area (Å²) in [5.74, 6) is 0.876. The largest absolute Gasteiger partial charge is 0.353 e. The monoisotopic (exact) mass is 155 g/mol. The Balaban J connectivity index is 2.00. The van der Waals surface area contributed by atoms with Crippen LogP contribution in [0.25, 0.3) is 0 Å². The molecule has 1 amide bonds. The van der Waals surface area contributed by atoms with Crippen molar-refractivity contribution >= 4 is 5.91 Å². The Hall–Kier alpha value is -0.530. The number of amides is 1. The fourth-order valence-electron chi connectivity index (χ4n) is 0.947. The van der Waals surface area contributed by atoms with Gasteiger partial charge in [-0.15, -0.1) is 0 Å². The highest BCUT2D eigenvalue weighted by Gasteiger charge is 2.22. The van der Waals surface area contributed by atoms with Gasteiger partial charge in [0.1, 0.15) is 0 Å². The molecule has 1 fully saturated rings. The predicted octanol–water partition coefficient (Wildman–Crippen LogP) is 1.70. The predicted molar refractivity (Wildman–Crippen MR) is 45.2 cm³/mol. The van der Waals surface area contributed by atoms with E-state index in [1.165, 1.54) is 12.8 Å². The van der Waals surface area contributed by atoms with Crippen molar-refractivity contribution in [3.05, 3.63) is 0 Å². The van der Waals surface area contributed by atoms with E-state index in [1.807, 2.05) is 0 Å². The second kappa shape index (κ2) is 3.74. The van der Waals surface area contributed by atoms with Crippen molar-refractivity contribution in [2.75, 3.05) is 0 Å². The van der Waals surface area contributed by atoms with Crippen LogP contribution >= 0.6 is 0 Å². The van der Waals surface area contributed by atoms with Crippen molar-refractivity contribution < 1.29 is 4.79 Å². The van der Waals surface area contributed by atoms with Crippen LogP contribution in [0.3, 0.4) is 0 Å². The van der Waals surface area contributed by atoms with Crippen LogP contribution < -0.4 is 5.32 Å². The van der Waals surface area contributed by atoms with Gasteiger partial charge in [-0.2, -0.15) is 0 Å². The smallest absolute Gasteiger partial charge is 0.220 e. The molecular formula is C9H17NO. The zero-order valence-corrected chi connectivity index (χ0v) is 7.39. The van der Waals surface area contributed by atoms with Crippen LogP contribution in [0.5, 0.6) is 0 Å². The van der Waals surface area contributed by atoms with Crippen LogP contribution in [-0.2, 0) is 4.79 Å². The normalized spacial score (nSPS) is 17.0. The molecule has 0 atom stereocenters. The Labute approximate surface area is 68.4 Å². The van der Waals surface area contributed by atoms with Crippen molar-refractivity contribution in [2.24, 2.45) is 5.92 Å². The van der Waals surface area contributed by atoms with Gasteiger partial charge in [-0.3, -0.25) is 4.79 Å². The van der Waals surface area contributed by atoms with Gasteiger partial charge in [0.2, 0.25) is 5.91 Å². The molecule has 0 bridgehead atoms. The molecular weight excluding hydrogens is 138 g/mol. The second-order valence-electron chi connectivity index (χ2n) is 3.77. The molecule has 1 saturated carbocycles. The molecule has 0 aromatic rings. The molecule has 1 rings (SSSR count). The lowest BCUT2D eigenvalue weighted by molar-refractivity contribution is -0.121. The maximum Gasteiger partial charge on any atom is 0.220 e. The Morgan fingerprint density at radius 3 is 2.64 bits per heavy atom. The second-order valence-corrected chi connectivity index (χ2v) is 3.77. The molecule has 2 nitrogen and oxygen atoms in total. The Morgan fingerprint density at radius 1 is 1.55 bits per heavy atom. The molecule has 2 heteroatoms. The average molecular weight is 155 g/mol. The minimum absolute atomic E-state index is 0.237. The summed E-state index contributed by atoms with van der Waals surface area (Å²) in [4.78, 5) is 11.1. The van der Waals surface area contributed by atoms with Crippen molar-refractivity contribution in [3.63, 3.8) is 0 Å². The Morgan fingerprint density at radius 2 is 2.18 bits per heavy atom. The van der Waals surface area contributed by atoms with Gasteiger partial charge >= 0.3 is 0 Å². The third kappa shape index (κ3) is 4.02. The van der Waals surface area contributed by atoms with Gasteiger partial charge in [0.15, 0.2) is 0 Å². The van der Waals surface area contributed by atoms with E-state index in [4.69, 9.17) is 0 Å². The molecule has 64 valence electrons.